The minimum absolute atomic E-state index is 0.0500. The number of aliphatic hydroxyl groups excluding tert-OH is 1. The van der Waals surface area contributed by atoms with Gasteiger partial charge in [-0.1, -0.05) is 76.3 Å². The van der Waals surface area contributed by atoms with Crippen LogP contribution in [0.25, 0.3) is 0 Å². The maximum absolute atomic E-state index is 12.9. The number of amides is 1. The van der Waals surface area contributed by atoms with Crippen LogP contribution in [0.5, 0.6) is 0 Å². The molecule has 0 heterocycles. The SMILES string of the molecule is COCO[C@H]([C@H](CC1CCCCC1)NC(=O)OC(C)(C)C)[C@@H](O)CNC(C(=O)OCc1ccccc1)C(C)C. The maximum atomic E-state index is 12.9. The highest BCUT2D eigenvalue weighted by molar-refractivity contribution is 5.76. The summed E-state index contributed by atoms with van der Waals surface area (Å²) in [5.41, 5.74) is 0.243. The summed E-state index contributed by atoms with van der Waals surface area (Å²) in [5, 5.41) is 17.4. The molecule has 0 aromatic heterocycles. The molecule has 0 bridgehead atoms. The number of hydrogen-bond acceptors (Lipinski definition) is 8. The van der Waals surface area contributed by atoms with Crippen LogP contribution in [0.1, 0.15) is 78.7 Å². The first-order valence-electron chi connectivity index (χ1n) is 14.2. The number of nitrogens with one attached hydrogen (secondary N) is 2. The summed E-state index contributed by atoms with van der Waals surface area (Å²) in [4.78, 5) is 25.7. The predicted molar refractivity (Wildman–Crippen MR) is 150 cm³/mol. The fraction of sp³-hybridized carbons (Fsp3) is 0.733. The number of carbonyl (C=O) groups is 2. The molecule has 1 fully saturated rings. The van der Waals surface area contributed by atoms with Gasteiger partial charge in [0.2, 0.25) is 0 Å². The van der Waals surface area contributed by atoms with Gasteiger partial charge in [0, 0.05) is 13.7 Å². The number of carbonyl (C=O) groups excluding carboxylic acids is 2. The zero-order valence-electron chi connectivity index (χ0n) is 24.6. The molecule has 4 atom stereocenters. The Labute approximate surface area is 234 Å². The zero-order valence-corrected chi connectivity index (χ0v) is 24.6. The molecular formula is C30H50N2O7. The fourth-order valence-corrected chi connectivity index (χ4v) is 4.93. The lowest BCUT2D eigenvalue weighted by Crippen LogP contribution is -2.55. The number of alkyl carbamates (subject to hydrolysis) is 1. The summed E-state index contributed by atoms with van der Waals surface area (Å²) in [7, 11) is 1.51. The Kier molecular flexibility index (Phi) is 14.2. The van der Waals surface area contributed by atoms with Crippen molar-refractivity contribution in [1.82, 2.24) is 10.6 Å². The van der Waals surface area contributed by atoms with Crippen LogP contribution >= 0.6 is 0 Å². The topological polar surface area (TPSA) is 115 Å². The summed E-state index contributed by atoms with van der Waals surface area (Å²) in [6.07, 6.45) is 3.94. The van der Waals surface area contributed by atoms with Crippen molar-refractivity contribution in [2.75, 3.05) is 20.4 Å². The third kappa shape index (κ3) is 12.7. The zero-order chi connectivity index (χ0) is 28.8. The van der Waals surface area contributed by atoms with Gasteiger partial charge in [0.1, 0.15) is 31.1 Å². The molecular weight excluding hydrogens is 500 g/mol. The van der Waals surface area contributed by atoms with E-state index in [4.69, 9.17) is 18.9 Å². The molecule has 0 spiro atoms. The van der Waals surface area contributed by atoms with E-state index in [1.807, 2.05) is 65.0 Å². The Bertz CT molecular complexity index is 837. The molecule has 1 aromatic rings. The van der Waals surface area contributed by atoms with Crippen LogP contribution in [0.3, 0.4) is 0 Å². The highest BCUT2D eigenvalue weighted by Gasteiger charge is 2.35. The smallest absolute Gasteiger partial charge is 0.407 e. The van der Waals surface area contributed by atoms with Crippen molar-refractivity contribution in [3.05, 3.63) is 35.9 Å². The molecule has 0 aliphatic heterocycles. The van der Waals surface area contributed by atoms with Gasteiger partial charge in [-0.2, -0.15) is 0 Å². The van der Waals surface area contributed by atoms with Gasteiger partial charge in [-0.3, -0.25) is 4.79 Å². The lowest BCUT2D eigenvalue weighted by Gasteiger charge is -2.35. The molecule has 3 N–H and O–H groups in total. The van der Waals surface area contributed by atoms with Crippen molar-refractivity contribution in [2.24, 2.45) is 11.8 Å². The standard InChI is InChI=1S/C30H50N2O7/c1-21(2)26(28(34)37-19-23-15-11-8-12-16-23)31-18-25(33)27(38-20-36-6)24(17-22-13-9-7-10-14-22)32-29(35)39-30(3,4)5/h8,11-12,15-16,21-22,24-27,31,33H,7,9-10,13-14,17-20H2,1-6H3,(H,32,35)/t24-,25-,26?,27+/m0/s1. The fourth-order valence-electron chi connectivity index (χ4n) is 4.93. The highest BCUT2D eigenvalue weighted by atomic mass is 16.7. The van der Waals surface area contributed by atoms with Gasteiger partial charge >= 0.3 is 12.1 Å². The van der Waals surface area contributed by atoms with Crippen molar-refractivity contribution < 1.29 is 33.6 Å². The first kappa shape index (κ1) is 33.0. The minimum atomic E-state index is -1.04. The Hall–Kier alpha value is -2.20. The van der Waals surface area contributed by atoms with E-state index in [1.165, 1.54) is 13.5 Å². The first-order chi connectivity index (χ1) is 18.5. The van der Waals surface area contributed by atoms with Crippen molar-refractivity contribution in [2.45, 2.75) is 110 Å². The van der Waals surface area contributed by atoms with E-state index in [0.29, 0.717) is 12.3 Å². The second kappa shape index (κ2) is 16.8. The maximum Gasteiger partial charge on any atom is 0.407 e. The van der Waals surface area contributed by atoms with Crippen LogP contribution in [0, 0.1) is 11.8 Å². The average Bonchev–Trinajstić information content (AvgIpc) is 2.87. The molecule has 1 unspecified atom stereocenters. The second-order valence-corrected chi connectivity index (χ2v) is 11.8. The highest BCUT2D eigenvalue weighted by Crippen LogP contribution is 2.29. The van der Waals surface area contributed by atoms with Crippen LogP contribution in [0.4, 0.5) is 4.79 Å². The van der Waals surface area contributed by atoms with Crippen molar-refractivity contribution in [1.29, 1.82) is 0 Å². The number of ether oxygens (including phenoxy) is 4. The monoisotopic (exact) mass is 550 g/mol. The molecule has 1 aliphatic rings. The number of esters is 1. The molecule has 1 aliphatic carbocycles. The Morgan fingerprint density at radius 3 is 2.33 bits per heavy atom. The molecule has 0 radical (unpaired) electrons. The molecule has 1 amide bonds. The molecule has 39 heavy (non-hydrogen) atoms. The van der Waals surface area contributed by atoms with Gasteiger partial charge in [-0.25, -0.2) is 4.79 Å². The Morgan fingerprint density at radius 1 is 1.08 bits per heavy atom. The van der Waals surface area contributed by atoms with E-state index in [1.54, 1.807) is 0 Å². The number of aliphatic hydroxyl groups is 1. The molecule has 222 valence electrons. The predicted octanol–water partition coefficient (Wildman–Crippen LogP) is 4.56. The number of benzene rings is 1. The van der Waals surface area contributed by atoms with E-state index in [-0.39, 0.29) is 31.8 Å². The van der Waals surface area contributed by atoms with Gasteiger partial charge in [0.25, 0.3) is 0 Å². The Balaban J connectivity index is 2.11. The van der Waals surface area contributed by atoms with E-state index >= 15 is 0 Å². The second-order valence-electron chi connectivity index (χ2n) is 11.8. The van der Waals surface area contributed by atoms with Crippen LogP contribution in [-0.2, 0) is 30.3 Å². The summed E-state index contributed by atoms with van der Waals surface area (Å²) in [6.45, 7) is 9.46. The molecule has 2 rings (SSSR count). The van der Waals surface area contributed by atoms with E-state index < -0.39 is 36.0 Å². The van der Waals surface area contributed by atoms with Crippen LogP contribution in [0.2, 0.25) is 0 Å². The van der Waals surface area contributed by atoms with Gasteiger partial charge < -0.3 is 34.7 Å². The van der Waals surface area contributed by atoms with Gasteiger partial charge in [-0.05, 0) is 44.6 Å². The Morgan fingerprint density at radius 2 is 1.74 bits per heavy atom. The van der Waals surface area contributed by atoms with Crippen molar-refractivity contribution in [3.63, 3.8) is 0 Å². The number of rotatable bonds is 15. The molecule has 9 heteroatoms. The van der Waals surface area contributed by atoms with Crippen LogP contribution in [0.15, 0.2) is 30.3 Å². The molecule has 1 saturated carbocycles. The third-order valence-corrected chi connectivity index (χ3v) is 6.86. The summed E-state index contributed by atoms with van der Waals surface area (Å²) in [6, 6.07) is 8.37. The van der Waals surface area contributed by atoms with Gasteiger partial charge in [-0.15, -0.1) is 0 Å². The summed E-state index contributed by atoms with van der Waals surface area (Å²) >= 11 is 0. The number of hydrogen-bond donors (Lipinski definition) is 3. The molecule has 9 nitrogen and oxygen atoms in total. The van der Waals surface area contributed by atoms with Crippen molar-refractivity contribution in [3.8, 4) is 0 Å². The van der Waals surface area contributed by atoms with E-state index in [9.17, 15) is 14.7 Å². The quantitative estimate of drug-likeness (QED) is 0.215. The normalized spacial score (nSPS) is 17.7. The van der Waals surface area contributed by atoms with Crippen LogP contribution < -0.4 is 10.6 Å². The lowest BCUT2D eigenvalue weighted by molar-refractivity contribution is -0.149. The average molecular weight is 551 g/mol. The van der Waals surface area contributed by atoms with Gasteiger partial charge in [0.15, 0.2) is 0 Å². The van der Waals surface area contributed by atoms with Crippen molar-refractivity contribution >= 4 is 12.1 Å². The largest absolute Gasteiger partial charge is 0.460 e. The van der Waals surface area contributed by atoms with Gasteiger partial charge in [0.05, 0.1) is 12.1 Å². The summed E-state index contributed by atoms with van der Waals surface area (Å²) in [5.74, 6) is -0.0540. The molecule has 1 aromatic carbocycles. The molecule has 0 saturated heterocycles. The number of methoxy groups -OCH3 is 1. The van der Waals surface area contributed by atoms with E-state index in [0.717, 1.165) is 31.2 Å². The third-order valence-electron chi connectivity index (χ3n) is 6.86. The minimum Gasteiger partial charge on any atom is -0.460 e. The lowest BCUT2D eigenvalue weighted by atomic mass is 9.83. The first-order valence-corrected chi connectivity index (χ1v) is 14.2. The van der Waals surface area contributed by atoms with E-state index in [2.05, 4.69) is 10.6 Å². The van der Waals surface area contributed by atoms with Crippen LogP contribution in [-0.4, -0.2) is 67.5 Å². The summed E-state index contributed by atoms with van der Waals surface area (Å²) < 4.78 is 22.2.